The lowest BCUT2D eigenvalue weighted by Crippen LogP contribution is -2.43. The number of aromatic nitrogens is 4. The number of amides is 1. The summed E-state index contributed by atoms with van der Waals surface area (Å²) >= 11 is 0. The fourth-order valence-electron chi connectivity index (χ4n) is 3.66. The first-order chi connectivity index (χ1) is 17.6. The van der Waals surface area contributed by atoms with Crippen molar-refractivity contribution >= 4 is 11.9 Å². The van der Waals surface area contributed by atoms with E-state index in [1.807, 2.05) is 0 Å². The Bertz CT molecular complexity index is 1130. The van der Waals surface area contributed by atoms with E-state index in [9.17, 15) is 9.18 Å². The highest BCUT2D eigenvalue weighted by atomic mass is 19.1. The van der Waals surface area contributed by atoms with Crippen LogP contribution in [0.5, 0.6) is 0 Å². The van der Waals surface area contributed by atoms with Crippen LogP contribution in [0.1, 0.15) is 5.82 Å². The Balaban J connectivity index is 1.52. The molecule has 0 radical (unpaired) electrons. The molecule has 2 aromatic heterocycles. The second kappa shape index (κ2) is 12.5. The number of H-pyrrole nitrogens is 1. The van der Waals surface area contributed by atoms with E-state index in [0.29, 0.717) is 54.0 Å². The van der Waals surface area contributed by atoms with E-state index in [4.69, 9.17) is 24.3 Å². The molecule has 1 aliphatic rings. The summed E-state index contributed by atoms with van der Waals surface area (Å²) in [6, 6.07) is 7.82. The molecular weight excluding hydrogens is 471 g/mol. The molecule has 0 saturated carbocycles. The number of aliphatic hydroxyl groups excluding tert-OH is 1. The molecule has 4 N–H and O–H groups in total. The zero-order valence-electron chi connectivity index (χ0n) is 19.9. The van der Waals surface area contributed by atoms with E-state index in [2.05, 4.69) is 25.6 Å². The molecule has 0 aliphatic carbocycles. The van der Waals surface area contributed by atoms with Gasteiger partial charge in [0.05, 0.1) is 55.8 Å². The average molecular weight is 501 g/mol. The summed E-state index contributed by atoms with van der Waals surface area (Å²) in [6.45, 7) is 1.51. The number of aromatic amines is 1. The van der Waals surface area contributed by atoms with Crippen molar-refractivity contribution in [3.8, 4) is 22.6 Å². The summed E-state index contributed by atoms with van der Waals surface area (Å²) in [7, 11) is 1.62. The van der Waals surface area contributed by atoms with Gasteiger partial charge in [0.25, 0.3) is 0 Å². The van der Waals surface area contributed by atoms with Gasteiger partial charge in [0, 0.05) is 32.0 Å². The molecular formula is C24H29FN6O5. The van der Waals surface area contributed by atoms with Gasteiger partial charge in [-0.1, -0.05) is 0 Å². The molecule has 11 nitrogen and oxygen atoms in total. The minimum atomic E-state index is -0.594. The van der Waals surface area contributed by atoms with Crippen LogP contribution in [0.25, 0.3) is 22.6 Å². The third kappa shape index (κ3) is 6.61. The highest BCUT2D eigenvalue weighted by molar-refractivity contribution is 5.79. The van der Waals surface area contributed by atoms with Crippen molar-refractivity contribution in [2.24, 2.45) is 5.92 Å². The lowest BCUT2D eigenvalue weighted by molar-refractivity contribution is -0.200. The van der Waals surface area contributed by atoms with Crippen LogP contribution in [0.3, 0.4) is 0 Å². The predicted octanol–water partition coefficient (Wildman–Crippen LogP) is 1.37. The average Bonchev–Trinajstić information content (AvgIpc) is 3.32. The van der Waals surface area contributed by atoms with Crippen LogP contribution in [0.2, 0.25) is 0 Å². The fourth-order valence-corrected chi connectivity index (χ4v) is 3.66. The van der Waals surface area contributed by atoms with Crippen LogP contribution in [0, 0.1) is 11.7 Å². The molecule has 1 aliphatic heterocycles. The maximum Gasteiger partial charge on any atom is 0.227 e. The summed E-state index contributed by atoms with van der Waals surface area (Å²) in [6.07, 6.45) is 1.36. The SMILES string of the molecule is COCCNc1nccc(-c2[nH]c(CC3OCC(C(=O)NCCO)CO3)nc2-c2ccc(F)cc2)n1. The first-order valence-electron chi connectivity index (χ1n) is 11.6. The molecule has 0 spiro atoms. The number of methoxy groups -OCH3 is 1. The minimum absolute atomic E-state index is 0.128. The van der Waals surface area contributed by atoms with Gasteiger partial charge in [-0.2, -0.15) is 0 Å². The van der Waals surface area contributed by atoms with Gasteiger partial charge in [0.1, 0.15) is 11.6 Å². The lowest BCUT2D eigenvalue weighted by atomic mass is 10.1. The van der Waals surface area contributed by atoms with E-state index < -0.39 is 12.2 Å². The zero-order chi connectivity index (χ0) is 25.3. The van der Waals surface area contributed by atoms with Crippen molar-refractivity contribution in [3.05, 3.63) is 48.2 Å². The number of carbonyl (C=O) groups excluding carboxylic acids is 1. The number of nitrogens with zero attached hydrogens (tertiary/aromatic N) is 3. The van der Waals surface area contributed by atoms with Crippen molar-refractivity contribution in [1.82, 2.24) is 25.3 Å². The topological polar surface area (TPSA) is 144 Å². The molecule has 4 rings (SSSR count). The minimum Gasteiger partial charge on any atom is -0.395 e. The fraction of sp³-hybridized carbons (Fsp3) is 0.417. The van der Waals surface area contributed by atoms with Crippen molar-refractivity contribution < 1.29 is 28.5 Å². The number of halogens is 1. The van der Waals surface area contributed by atoms with Crippen LogP contribution in [0.4, 0.5) is 10.3 Å². The normalized spacial score (nSPS) is 17.6. The lowest BCUT2D eigenvalue weighted by Gasteiger charge is -2.28. The molecule has 0 atom stereocenters. The van der Waals surface area contributed by atoms with Crippen molar-refractivity contribution in [2.75, 3.05) is 51.9 Å². The van der Waals surface area contributed by atoms with Crippen LogP contribution in [-0.4, -0.2) is 83.9 Å². The summed E-state index contributed by atoms with van der Waals surface area (Å²) in [5.74, 6) is 0.0179. The number of carbonyl (C=O) groups is 1. The van der Waals surface area contributed by atoms with Gasteiger partial charge in [-0.25, -0.2) is 19.3 Å². The Morgan fingerprint density at radius 1 is 1.19 bits per heavy atom. The van der Waals surface area contributed by atoms with Crippen LogP contribution in [-0.2, 0) is 25.4 Å². The van der Waals surface area contributed by atoms with Gasteiger partial charge in [-0.05, 0) is 30.3 Å². The predicted molar refractivity (Wildman–Crippen MR) is 128 cm³/mol. The molecule has 1 amide bonds. The molecule has 1 fully saturated rings. The van der Waals surface area contributed by atoms with E-state index >= 15 is 0 Å². The number of nitrogens with one attached hydrogen (secondary N) is 3. The molecule has 0 unspecified atom stereocenters. The molecule has 12 heteroatoms. The van der Waals surface area contributed by atoms with Crippen molar-refractivity contribution in [1.29, 1.82) is 0 Å². The first-order valence-corrected chi connectivity index (χ1v) is 11.6. The number of hydrogen-bond donors (Lipinski definition) is 4. The van der Waals surface area contributed by atoms with E-state index in [1.54, 1.807) is 31.5 Å². The molecule has 1 aromatic carbocycles. The number of aliphatic hydroxyl groups is 1. The maximum absolute atomic E-state index is 13.6. The van der Waals surface area contributed by atoms with Crippen LogP contribution >= 0.6 is 0 Å². The maximum atomic E-state index is 13.6. The Hall–Kier alpha value is -3.45. The van der Waals surface area contributed by atoms with Crippen molar-refractivity contribution in [3.63, 3.8) is 0 Å². The molecule has 0 bridgehead atoms. The summed E-state index contributed by atoms with van der Waals surface area (Å²) in [4.78, 5) is 28.9. The smallest absolute Gasteiger partial charge is 0.227 e. The quantitative estimate of drug-likeness (QED) is 0.287. The van der Waals surface area contributed by atoms with E-state index in [1.165, 1.54) is 12.1 Å². The van der Waals surface area contributed by atoms with E-state index in [-0.39, 0.29) is 38.1 Å². The summed E-state index contributed by atoms with van der Waals surface area (Å²) < 4.78 is 30.1. The van der Waals surface area contributed by atoms with Gasteiger partial charge in [-0.15, -0.1) is 0 Å². The molecule has 3 aromatic rings. The first kappa shape index (κ1) is 25.6. The highest BCUT2D eigenvalue weighted by Gasteiger charge is 2.28. The Kier molecular flexibility index (Phi) is 8.90. The second-order valence-electron chi connectivity index (χ2n) is 8.11. The summed E-state index contributed by atoms with van der Waals surface area (Å²) in [5.41, 5.74) is 2.57. The zero-order valence-corrected chi connectivity index (χ0v) is 19.9. The number of imidazole rings is 1. The standard InChI is InChI=1S/C24H29FN6O5/c1-34-11-9-28-24-27-7-6-18(29-24)22-21(15-2-4-17(25)5-3-15)30-19(31-22)12-20-35-13-16(14-36-20)23(33)26-8-10-32/h2-7,16,20,32H,8-14H2,1H3,(H,26,33)(H,30,31)(H,27,28,29). The van der Waals surface area contributed by atoms with Gasteiger partial charge in [-0.3, -0.25) is 4.79 Å². The van der Waals surface area contributed by atoms with Crippen LogP contribution in [0.15, 0.2) is 36.5 Å². The Morgan fingerprint density at radius 3 is 2.69 bits per heavy atom. The molecule has 36 heavy (non-hydrogen) atoms. The molecule has 3 heterocycles. The van der Waals surface area contributed by atoms with Gasteiger partial charge < -0.3 is 34.9 Å². The Labute approximate surface area is 207 Å². The number of benzene rings is 1. The number of rotatable bonds is 11. The van der Waals surface area contributed by atoms with Gasteiger partial charge in [0.15, 0.2) is 6.29 Å². The highest BCUT2D eigenvalue weighted by Crippen LogP contribution is 2.30. The third-order valence-electron chi connectivity index (χ3n) is 5.48. The summed E-state index contributed by atoms with van der Waals surface area (Å²) in [5, 5.41) is 14.6. The number of ether oxygens (including phenoxy) is 3. The van der Waals surface area contributed by atoms with Crippen molar-refractivity contribution in [2.45, 2.75) is 12.7 Å². The second-order valence-corrected chi connectivity index (χ2v) is 8.11. The van der Waals surface area contributed by atoms with Crippen LogP contribution < -0.4 is 10.6 Å². The number of anilines is 1. The third-order valence-corrected chi connectivity index (χ3v) is 5.48. The van der Waals surface area contributed by atoms with Gasteiger partial charge in [0.2, 0.25) is 11.9 Å². The molecule has 1 saturated heterocycles. The number of hydrogen-bond acceptors (Lipinski definition) is 9. The largest absolute Gasteiger partial charge is 0.395 e. The van der Waals surface area contributed by atoms with E-state index in [0.717, 1.165) is 0 Å². The Morgan fingerprint density at radius 2 is 1.97 bits per heavy atom. The van der Waals surface area contributed by atoms with Gasteiger partial charge >= 0.3 is 0 Å². The monoisotopic (exact) mass is 500 g/mol. The molecule has 192 valence electrons.